The molecule has 1 heterocycles. The first-order chi connectivity index (χ1) is 13.9. The largest absolute Gasteiger partial charge is 0.343 e. The zero-order chi connectivity index (χ0) is 21.0. The third kappa shape index (κ3) is 4.40. The number of nitrogens with zero attached hydrogens (tertiary/aromatic N) is 1. The number of carbonyl (C=O) groups is 2. The molecule has 0 atom stereocenters. The molecular formula is C24H27N3O2. The average molecular weight is 389 g/mol. The molecule has 0 aliphatic carbocycles. The van der Waals surface area contributed by atoms with E-state index < -0.39 is 0 Å². The molecule has 3 rings (SSSR count). The highest BCUT2D eigenvalue weighted by atomic mass is 16.2. The van der Waals surface area contributed by atoms with E-state index in [4.69, 9.17) is 0 Å². The van der Waals surface area contributed by atoms with Crippen LogP contribution in [0, 0.1) is 20.8 Å². The van der Waals surface area contributed by atoms with Gasteiger partial charge in [-0.05, 0) is 56.5 Å². The van der Waals surface area contributed by atoms with Crippen LogP contribution in [0.25, 0.3) is 5.69 Å². The number of rotatable bonds is 6. The van der Waals surface area contributed by atoms with Gasteiger partial charge in [-0.2, -0.15) is 0 Å². The van der Waals surface area contributed by atoms with Crippen molar-refractivity contribution in [2.75, 3.05) is 11.9 Å². The Balaban J connectivity index is 1.71. The molecule has 1 aromatic heterocycles. The molecule has 0 unspecified atom stereocenters. The van der Waals surface area contributed by atoms with Crippen LogP contribution in [-0.4, -0.2) is 22.9 Å². The second-order valence-corrected chi connectivity index (χ2v) is 7.15. The number of anilines is 1. The Labute approximate surface area is 171 Å². The molecule has 0 bridgehead atoms. The third-order valence-electron chi connectivity index (χ3n) is 5.11. The van der Waals surface area contributed by atoms with Gasteiger partial charge in [0.05, 0.1) is 12.1 Å². The summed E-state index contributed by atoms with van der Waals surface area (Å²) >= 11 is 0. The molecule has 0 aliphatic rings. The quantitative estimate of drug-likeness (QED) is 0.659. The van der Waals surface area contributed by atoms with Gasteiger partial charge in [0.1, 0.15) is 0 Å². The first-order valence-corrected chi connectivity index (χ1v) is 9.83. The number of hydrogen-bond acceptors (Lipinski definition) is 2. The lowest BCUT2D eigenvalue weighted by Crippen LogP contribution is -2.33. The summed E-state index contributed by atoms with van der Waals surface area (Å²) in [7, 11) is 0. The van der Waals surface area contributed by atoms with Gasteiger partial charge in [-0.3, -0.25) is 9.59 Å². The van der Waals surface area contributed by atoms with E-state index in [2.05, 4.69) is 15.2 Å². The fourth-order valence-corrected chi connectivity index (χ4v) is 3.58. The Morgan fingerprint density at radius 1 is 0.966 bits per heavy atom. The van der Waals surface area contributed by atoms with Crippen molar-refractivity contribution >= 4 is 17.5 Å². The van der Waals surface area contributed by atoms with E-state index in [0.717, 1.165) is 40.3 Å². The zero-order valence-corrected chi connectivity index (χ0v) is 17.4. The highest BCUT2D eigenvalue weighted by Crippen LogP contribution is 2.23. The summed E-state index contributed by atoms with van der Waals surface area (Å²) in [5.74, 6) is -0.496. The Bertz CT molecular complexity index is 1050. The number of amides is 2. The fraction of sp³-hybridized carbons (Fsp3) is 0.250. The first-order valence-electron chi connectivity index (χ1n) is 9.83. The van der Waals surface area contributed by atoms with Gasteiger partial charge in [0.2, 0.25) is 5.91 Å². The average Bonchev–Trinajstić information content (AvgIpc) is 3.01. The molecule has 0 saturated carbocycles. The van der Waals surface area contributed by atoms with Gasteiger partial charge >= 0.3 is 0 Å². The van der Waals surface area contributed by atoms with Gasteiger partial charge in [-0.15, -0.1) is 0 Å². The molecule has 0 fully saturated rings. The maximum atomic E-state index is 12.7. The molecular weight excluding hydrogens is 362 g/mol. The number of benzene rings is 2. The number of hydrogen-bond donors (Lipinski definition) is 2. The van der Waals surface area contributed by atoms with Crippen LogP contribution in [0.3, 0.4) is 0 Å². The Kier molecular flexibility index (Phi) is 6.17. The van der Waals surface area contributed by atoms with Crippen molar-refractivity contribution in [3.63, 3.8) is 0 Å². The number of carbonyl (C=O) groups excluding carboxylic acids is 2. The second-order valence-electron chi connectivity index (χ2n) is 7.15. The standard InChI is InChI=1S/C24H27N3O2/c1-5-19-11-7-8-12-21(19)26-23(28)15-25-24(29)20-14-17(3)27(18(20)4)22-13-9-6-10-16(22)2/h6-14H,5,15H2,1-4H3,(H,25,29)(H,26,28). The van der Waals surface area contributed by atoms with Crippen molar-refractivity contribution in [1.29, 1.82) is 0 Å². The minimum absolute atomic E-state index is 0.0785. The van der Waals surface area contributed by atoms with Crippen LogP contribution in [0.15, 0.2) is 54.6 Å². The number of aromatic nitrogens is 1. The van der Waals surface area contributed by atoms with Crippen molar-refractivity contribution in [3.05, 3.63) is 82.7 Å². The van der Waals surface area contributed by atoms with Gasteiger partial charge in [-0.1, -0.05) is 43.3 Å². The van der Waals surface area contributed by atoms with Crippen molar-refractivity contribution in [2.45, 2.75) is 34.1 Å². The van der Waals surface area contributed by atoms with Crippen LogP contribution in [0.1, 0.15) is 39.8 Å². The highest BCUT2D eigenvalue weighted by Gasteiger charge is 2.18. The maximum Gasteiger partial charge on any atom is 0.253 e. The van der Waals surface area contributed by atoms with Crippen molar-refractivity contribution in [3.8, 4) is 5.69 Å². The van der Waals surface area contributed by atoms with E-state index >= 15 is 0 Å². The van der Waals surface area contributed by atoms with Gasteiger partial charge < -0.3 is 15.2 Å². The van der Waals surface area contributed by atoms with Crippen LogP contribution in [0.2, 0.25) is 0 Å². The molecule has 2 aromatic carbocycles. The Hall–Kier alpha value is -3.34. The molecule has 2 amide bonds. The van der Waals surface area contributed by atoms with E-state index in [1.54, 1.807) is 0 Å². The SMILES string of the molecule is CCc1ccccc1NC(=O)CNC(=O)c1cc(C)n(-c2ccccc2C)c1C. The summed E-state index contributed by atoms with van der Waals surface area (Å²) in [5.41, 5.74) is 6.44. The molecule has 0 saturated heterocycles. The first kappa shape index (κ1) is 20.4. The normalized spacial score (nSPS) is 10.6. The summed E-state index contributed by atoms with van der Waals surface area (Å²) in [5, 5.41) is 5.61. The monoisotopic (exact) mass is 389 g/mol. The molecule has 5 nitrogen and oxygen atoms in total. The van der Waals surface area contributed by atoms with E-state index in [0.29, 0.717) is 5.56 Å². The molecule has 0 radical (unpaired) electrons. The smallest absolute Gasteiger partial charge is 0.253 e. The van der Waals surface area contributed by atoms with Crippen LogP contribution in [0.4, 0.5) is 5.69 Å². The highest BCUT2D eigenvalue weighted by molar-refractivity contribution is 6.00. The maximum absolute atomic E-state index is 12.7. The molecule has 29 heavy (non-hydrogen) atoms. The van der Waals surface area contributed by atoms with E-state index in [9.17, 15) is 9.59 Å². The van der Waals surface area contributed by atoms with Crippen molar-refractivity contribution in [2.24, 2.45) is 0 Å². The lowest BCUT2D eigenvalue weighted by Gasteiger charge is -2.13. The number of nitrogens with one attached hydrogen (secondary N) is 2. The number of para-hydroxylation sites is 2. The fourth-order valence-electron chi connectivity index (χ4n) is 3.58. The zero-order valence-electron chi connectivity index (χ0n) is 17.4. The molecule has 0 spiro atoms. The van der Waals surface area contributed by atoms with E-state index in [1.165, 1.54) is 0 Å². The predicted molar refractivity (Wildman–Crippen MR) is 117 cm³/mol. The van der Waals surface area contributed by atoms with Crippen molar-refractivity contribution < 1.29 is 9.59 Å². The second kappa shape index (κ2) is 8.78. The predicted octanol–water partition coefficient (Wildman–Crippen LogP) is 4.33. The van der Waals surface area contributed by atoms with Crippen LogP contribution >= 0.6 is 0 Å². The molecule has 3 aromatic rings. The lowest BCUT2D eigenvalue weighted by molar-refractivity contribution is -0.115. The molecule has 0 aliphatic heterocycles. The van der Waals surface area contributed by atoms with Crippen LogP contribution in [-0.2, 0) is 11.2 Å². The minimum atomic E-state index is -0.253. The summed E-state index contributed by atoms with van der Waals surface area (Å²) in [6.07, 6.45) is 0.827. The third-order valence-corrected chi connectivity index (χ3v) is 5.11. The summed E-state index contributed by atoms with van der Waals surface area (Å²) < 4.78 is 2.07. The van der Waals surface area contributed by atoms with Crippen LogP contribution in [0.5, 0.6) is 0 Å². The minimum Gasteiger partial charge on any atom is -0.343 e. The van der Waals surface area contributed by atoms with Gasteiger partial charge in [-0.25, -0.2) is 0 Å². The summed E-state index contributed by atoms with van der Waals surface area (Å²) in [6, 6.07) is 17.6. The van der Waals surface area contributed by atoms with Gasteiger partial charge in [0, 0.05) is 22.8 Å². The molecule has 150 valence electrons. The Morgan fingerprint density at radius 2 is 1.66 bits per heavy atom. The van der Waals surface area contributed by atoms with Crippen LogP contribution < -0.4 is 10.6 Å². The Morgan fingerprint density at radius 3 is 2.38 bits per heavy atom. The molecule has 5 heteroatoms. The van der Waals surface area contributed by atoms with E-state index in [-0.39, 0.29) is 18.4 Å². The van der Waals surface area contributed by atoms with Gasteiger partial charge in [0.15, 0.2) is 0 Å². The summed E-state index contributed by atoms with van der Waals surface area (Å²) in [6.45, 7) is 7.91. The lowest BCUT2D eigenvalue weighted by atomic mass is 10.1. The summed E-state index contributed by atoms with van der Waals surface area (Å²) in [4.78, 5) is 25.0. The molecule has 2 N–H and O–H groups in total. The van der Waals surface area contributed by atoms with Gasteiger partial charge in [0.25, 0.3) is 5.91 Å². The van der Waals surface area contributed by atoms with Crippen molar-refractivity contribution in [1.82, 2.24) is 9.88 Å². The van der Waals surface area contributed by atoms with E-state index in [1.807, 2.05) is 82.3 Å². The number of aryl methyl sites for hydroxylation is 3. The topological polar surface area (TPSA) is 63.1 Å².